The first kappa shape index (κ1) is 27.4. The molecule has 2 aliphatic heterocycles. The lowest BCUT2D eigenvalue weighted by atomic mass is 9.76. The molecule has 1 unspecified atom stereocenters. The van der Waals surface area contributed by atoms with Gasteiger partial charge >= 0.3 is 0 Å². The third-order valence-electron chi connectivity index (χ3n) is 8.72. The number of nitrogens with one attached hydrogen (secondary N) is 1. The molecule has 41 heavy (non-hydrogen) atoms. The first-order valence-corrected chi connectivity index (χ1v) is 14.5. The monoisotopic (exact) mass is 560 g/mol. The summed E-state index contributed by atoms with van der Waals surface area (Å²) in [6.07, 6.45) is 9.28. The normalized spacial score (nSPS) is 18.9. The van der Waals surface area contributed by atoms with Crippen molar-refractivity contribution in [2.24, 2.45) is 11.3 Å². The number of ether oxygens (including phenoxy) is 1. The average molecular weight is 561 g/mol. The van der Waals surface area contributed by atoms with E-state index in [1.165, 1.54) is 24.8 Å². The van der Waals surface area contributed by atoms with Crippen LogP contribution >= 0.6 is 0 Å². The zero-order valence-electron chi connectivity index (χ0n) is 23.9. The van der Waals surface area contributed by atoms with Gasteiger partial charge in [0.05, 0.1) is 5.69 Å². The van der Waals surface area contributed by atoms with Crippen molar-refractivity contribution in [3.05, 3.63) is 48.6 Å². The van der Waals surface area contributed by atoms with Gasteiger partial charge in [0.2, 0.25) is 5.91 Å². The predicted molar refractivity (Wildman–Crippen MR) is 152 cm³/mol. The van der Waals surface area contributed by atoms with Crippen molar-refractivity contribution in [1.82, 2.24) is 35.4 Å². The fourth-order valence-electron chi connectivity index (χ4n) is 6.44. The minimum absolute atomic E-state index is 0.0922. The predicted octanol–water partition coefficient (Wildman–Crippen LogP) is 4.20. The zero-order chi connectivity index (χ0) is 28.6. The van der Waals surface area contributed by atoms with E-state index in [4.69, 9.17) is 4.74 Å². The molecule has 3 fully saturated rings. The standard InChI is InChI=1S/C30H37FN8O2/c1-19(2)24(7-9-26(40)32-3)39-15-30(16-39)10-11-38(14-30)28-29(37-36-18-35-28)41-25-8-6-21(31)12-22(25)23-13-33-17-34-27(23)20-4-5-20/h6,8,12-13,17-20,24H,4-5,7,9-11,14-16H2,1-3H3,(H,32,40). The Morgan fingerprint density at radius 2 is 2.00 bits per heavy atom. The molecule has 4 heterocycles. The molecule has 216 valence electrons. The molecule has 1 atom stereocenters. The topological polar surface area (TPSA) is 109 Å². The number of halogens is 1. The van der Waals surface area contributed by atoms with Gasteiger partial charge in [0, 0.05) is 74.3 Å². The number of rotatable bonds is 10. The summed E-state index contributed by atoms with van der Waals surface area (Å²) in [5, 5.41) is 11.0. The van der Waals surface area contributed by atoms with E-state index in [0.717, 1.165) is 63.1 Å². The van der Waals surface area contributed by atoms with Gasteiger partial charge in [-0.05, 0) is 49.8 Å². The van der Waals surface area contributed by atoms with Gasteiger partial charge in [0.25, 0.3) is 5.88 Å². The van der Waals surface area contributed by atoms with Gasteiger partial charge in [-0.2, -0.15) is 0 Å². The molecule has 3 aliphatic rings. The highest BCUT2D eigenvalue weighted by atomic mass is 19.1. The van der Waals surface area contributed by atoms with Gasteiger partial charge in [0.1, 0.15) is 24.2 Å². The SMILES string of the molecule is CNC(=O)CCC(C(C)C)N1CC2(CCN(c3ncnnc3Oc3ccc(F)cc3-c3cncnc3C3CC3)C2)C1. The fraction of sp³-hybridized carbons (Fsp3) is 0.533. The van der Waals surface area contributed by atoms with E-state index in [1.54, 1.807) is 19.3 Å². The van der Waals surface area contributed by atoms with Crippen LogP contribution in [0.5, 0.6) is 11.6 Å². The van der Waals surface area contributed by atoms with Gasteiger partial charge in [0.15, 0.2) is 5.82 Å². The highest BCUT2D eigenvalue weighted by molar-refractivity contribution is 5.75. The third kappa shape index (κ3) is 5.72. The van der Waals surface area contributed by atoms with Crippen molar-refractivity contribution < 1.29 is 13.9 Å². The maximum atomic E-state index is 14.5. The van der Waals surface area contributed by atoms with Crippen LogP contribution in [0, 0.1) is 17.2 Å². The molecular weight excluding hydrogens is 523 g/mol. The quantitative estimate of drug-likeness (QED) is 0.390. The van der Waals surface area contributed by atoms with Gasteiger partial charge in [-0.1, -0.05) is 13.8 Å². The number of carbonyl (C=O) groups excluding carboxylic acids is 1. The molecule has 1 aromatic carbocycles. The van der Waals surface area contributed by atoms with Crippen LogP contribution in [0.2, 0.25) is 0 Å². The molecule has 10 nitrogen and oxygen atoms in total. The third-order valence-corrected chi connectivity index (χ3v) is 8.72. The largest absolute Gasteiger partial charge is 0.434 e. The van der Waals surface area contributed by atoms with Gasteiger partial charge < -0.3 is 15.0 Å². The fourth-order valence-corrected chi connectivity index (χ4v) is 6.44. The van der Waals surface area contributed by atoms with Crippen molar-refractivity contribution in [3.63, 3.8) is 0 Å². The van der Waals surface area contributed by atoms with Gasteiger partial charge in [-0.3, -0.25) is 9.69 Å². The molecule has 3 aromatic rings. The first-order chi connectivity index (χ1) is 19.9. The Balaban J connectivity index is 1.19. The van der Waals surface area contributed by atoms with E-state index >= 15 is 0 Å². The van der Waals surface area contributed by atoms with E-state index in [1.807, 2.05) is 0 Å². The minimum Gasteiger partial charge on any atom is -0.434 e. The summed E-state index contributed by atoms with van der Waals surface area (Å²) in [5.74, 6) is 1.96. The minimum atomic E-state index is -0.360. The molecule has 1 N–H and O–H groups in total. The summed E-state index contributed by atoms with van der Waals surface area (Å²) in [4.78, 5) is 29.9. The highest BCUT2D eigenvalue weighted by Gasteiger charge is 2.50. The molecule has 0 radical (unpaired) electrons. The smallest absolute Gasteiger partial charge is 0.282 e. The van der Waals surface area contributed by atoms with Crippen molar-refractivity contribution in [2.45, 2.75) is 57.9 Å². The number of likely N-dealkylation sites (tertiary alicyclic amines) is 1. The lowest BCUT2D eigenvalue weighted by Gasteiger charge is -2.52. The number of benzene rings is 1. The number of hydrogen-bond acceptors (Lipinski definition) is 9. The highest BCUT2D eigenvalue weighted by Crippen LogP contribution is 2.47. The molecule has 1 aliphatic carbocycles. The van der Waals surface area contributed by atoms with E-state index in [-0.39, 0.29) is 17.1 Å². The summed E-state index contributed by atoms with van der Waals surface area (Å²) >= 11 is 0. The van der Waals surface area contributed by atoms with Crippen molar-refractivity contribution in [2.75, 3.05) is 38.1 Å². The summed E-state index contributed by atoms with van der Waals surface area (Å²) in [6.45, 7) is 8.13. The van der Waals surface area contributed by atoms with Crippen molar-refractivity contribution in [3.8, 4) is 22.8 Å². The van der Waals surface area contributed by atoms with Gasteiger partial charge in [-0.15, -0.1) is 10.2 Å². The van der Waals surface area contributed by atoms with Crippen LogP contribution in [0.1, 0.15) is 57.6 Å². The number of carbonyl (C=O) groups is 1. The second-order valence-corrected chi connectivity index (χ2v) is 12.0. The van der Waals surface area contributed by atoms with Crippen LogP contribution in [-0.2, 0) is 4.79 Å². The molecule has 1 spiro atoms. The first-order valence-electron chi connectivity index (χ1n) is 14.5. The number of aromatic nitrogens is 5. The average Bonchev–Trinajstić information content (AvgIpc) is 3.71. The Bertz CT molecular complexity index is 1410. The Kier molecular flexibility index (Phi) is 7.54. The summed E-state index contributed by atoms with van der Waals surface area (Å²) in [5.41, 5.74) is 2.45. The molecule has 11 heteroatoms. The van der Waals surface area contributed by atoms with Crippen molar-refractivity contribution >= 4 is 11.7 Å². The second-order valence-electron chi connectivity index (χ2n) is 12.0. The Morgan fingerprint density at radius 3 is 2.76 bits per heavy atom. The molecule has 0 bridgehead atoms. The number of nitrogens with zero attached hydrogens (tertiary/aromatic N) is 7. The maximum absolute atomic E-state index is 14.5. The molecular formula is C30H37FN8O2. The van der Waals surface area contributed by atoms with E-state index in [2.05, 4.69) is 54.1 Å². The number of hydrogen-bond donors (Lipinski definition) is 1. The van der Waals surface area contributed by atoms with Crippen molar-refractivity contribution in [1.29, 1.82) is 0 Å². The van der Waals surface area contributed by atoms with Crippen LogP contribution in [0.4, 0.5) is 10.2 Å². The van der Waals surface area contributed by atoms with Crippen LogP contribution < -0.4 is 15.0 Å². The lowest BCUT2D eigenvalue weighted by molar-refractivity contribution is -0.121. The maximum Gasteiger partial charge on any atom is 0.282 e. The molecule has 1 amide bonds. The Labute approximate surface area is 239 Å². The van der Waals surface area contributed by atoms with Crippen LogP contribution in [0.25, 0.3) is 11.1 Å². The second kappa shape index (κ2) is 11.3. The zero-order valence-corrected chi connectivity index (χ0v) is 23.9. The summed E-state index contributed by atoms with van der Waals surface area (Å²) < 4.78 is 20.8. The van der Waals surface area contributed by atoms with Crippen LogP contribution in [0.15, 0.2) is 37.1 Å². The van der Waals surface area contributed by atoms with E-state index in [9.17, 15) is 9.18 Å². The molecule has 1 saturated carbocycles. The Hall–Kier alpha value is -3.73. The summed E-state index contributed by atoms with van der Waals surface area (Å²) in [6, 6.07) is 4.84. The molecule has 2 aromatic heterocycles. The van der Waals surface area contributed by atoms with E-state index < -0.39 is 0 Å². The van der Waals surface area contributed by atoms with Gasteiger partial charge in [-0.25, -0.2) is 19.3 Å². The Morgan fingerprint density at radius 1 is 1.17 bits per heavy atom. The number of anilines is 1. The van der Waals surface area contributed by atoms with E-state index in [0.29, 0.717) is 47.3 Å². The lowest BCUT2D eigenvalue weighted by Crippen LogP contribution is -2.62. The molecule has 2 saturated heterocycles. The van der Waals surface area contributed by atoms with Crippen LogP contribution in [-0.4, -0.2) is 75.2 Å². The number of amides is 1. The molecule has 6 rings (SSSR count). The summed E-state index contributed by atoms with van der Waals surface area (Å²) in [7, 11) is 1.69. The van der Waals surface area contributed by atoms with Crippen LogP contribution in [0.3, 0.4) is 0 Å².